The van der Waals surface area contributed by atoms with Crippen LogP contribution in [0.5, 0.6) is 0 Å². The van der Waals surface area contributed by atoms with E-state index in [0.29, 0.717) is 5.02 Å². The van der Waals surface area contributed by atoms with Crippen molar-refractivity contribution in [2.24, 2.45) is 5.92 Å². The van der Waals surface area contributed by atoms with Gasteiger partial charge in [0.05, 0.1) is 18.6 Å². The number of carbonyl (C=O) groups excluding carboxylic acids is 1. The smallest absolute Gasteiger partial charge is 0.223 e. The zero-order valence-corrected chi connectivity index (χ0v) is 14.2. The molecule has 2 aromatic rings. The summed E-state index contributed by atoms with van der Waals surface area (Å²) in [6, 6.07) is 11.2. The Morgan fingerprint density at radius 1 is 1.27 bits per heavy atom. The van der Waals surface area contributed by atoms with Gasteiger partial charge in [0, 0.05) is 9.90 Å². The Bertz CT molecular complexity index is 596. The third kappa shape index (κ3) is 4.57. The van der Waals surface area contributed by atoms with E-state index in [1.165, 1.54) is 0 Å². The molecule has 0 saturated heterocycles. The van der Waals surface area contributed by atoms with Crippen molar-refractivity contribution < 1.29 is 9.90 Å². The lowest BCUT2D eigenvalue weighted by Crippen LogP contribution is -2.32. The number of carbonyl (C=O) groups is 1. The van der Waals surface area contributed by atoms with Crippen molar-refractivity contribution in [3.05, 3.63) is 57.2 Å². The number of halogens is 1. The third-order valence-corrected chi connectivity index (χ3v) is 4.69. The maximum atomic E-state index is 12.2. The van der Waals surface area contributed by atoms with Gasteiger partial charge in [-0.05, 0) is 35.1 Å². The number of aliphatic hydroxyl groups excluding tert-OH is 1. The predicted octanol–water partition coefficient (Wildman–Crippen LogP) is 4.01. The molecule has 1 amide bonds. The molecule has 2 rings (SSSR count). The van der Waals surface area contributed by atoms with Gasteiger partial charge in [-0.3, -0.25) is 4.79 Å². The average molecular weight is 338 g/mol. The molecule has 5 heteroatoms. The van der Waals surface area contributed by atoms with Gasteiger partial charge in [-0.2, -0.15) is 0 Å². The van der Waals surface area contributed by atoms with Gasteiger partial charge in [0.2, 0.25) is 5.91 Å². The van der Waals surface area contributed by atoms with Crippen LogP contribution in [0.15, 0.2) is 41.8 Å². The Morgan fingerprint density at radius 2 is 1.95 bits per heavy atom. The molecule has 2 unspecified atom stereocenters. The molecular weight excluding hydrogens is 318 g/mol. The van der Waals surface area contributed by atoms with Crippen molar-refractivity contribution in [3.63, 3.8) is 0 Å². The molecule has 1 aromatic heterocycles. The maximum absolute atomic E-state index is 12.2. The quantitative estimate of drug-likeness (QED) is 0.836. The Hall–Kier alpha value is -1.36. The molecule has 0 spiro atoms. The molecule has 3 nitrogen and oxygen atoms in total. The van der Waals surface area contributed by atoms with Crippen LogP contribution in [0.25, 0.3) is 0 Å². The molecule has 0 aliphatic rings. The first-order valence-corrected chi connectivity index (χ1v) is 8.49. The minimum atomic E-state index is -0.630. The highest BCUT2D eigenvalue weighted by Gasteiger charge is 2.20. The molecule has 0 radical (unpaired) electrons. The van der Waals surface area contributed by atoms with Gasteiger partial charge in [-0.25, -0.2) is 0 Å². The van der Waals surface area contributed by atoms with Gasteiger partial charge < -0.3 is 10.4 Å². The first-order chi connectivity index (χ1) is 10.5. The van der Waals surface area contributed by atoms with E-state index >= 15 is 0 Å². The molecule has 2 N–H and O–H groups in total. The molecule has 0 bridgehead atoms. The highest BCUT2D eigenvalue weighted by Crippen LogP contribution is 2.27. The first kappa shape index (κ1) is 17.0. The first-order valence-electron chi connectivity index (χ1n) is 7.23. The van der Waals surface area contributed by atoms with Crippen LogP contribution in [-0.2, 0) is 4.79 Å². The van der Waals surface area contributed by atoms with Crippen molar-refractivity contribution in [2.45, 2.75) is 32.4 Å². The number of thiophene rings is 1. The summed E-state index contributed by atoms with van der Waals surface area (Å²) in [5.74, 6) is -0.101. The Balaban J connectivity index is 2.16. The summed E-state index contributed by atoms with van der Waals surface area (Å²) in [6.45, 7) is 3.79. The van der Waals surface area contributed by atoms with E-state index < -0.39 is 6.10 Å². The minimum Gasteiger partial charge on any atom is -0.392 e. The summed E-state index contributed by atoms with van der Waals surface area (Å²) in [7, 11) is 0. The lowest BCUT2D eigenvalue weighted by atomic mass is 10.0. The molecule has 0 aliphatic heterocycles. The summed E-state index contributed by atoms with van der Waals surface area (Å²) in [5.41, 5.74) is 0.972. The summed E-state index contributed by atoms with van der Waals surface area (Å²) < 4.78 is 0. The van der Waals surface area contributed by atoms with E-state index in [-0.39, 0.29) is 24.3 Å². The molecule has 0 fully saturated rings. The highest BCUT2D eigenvalue weighted by atomic mass is 35.5. The normalized spacial score (nSPS) is 13.9. The van der Waals surface area contributed by atoms with Gasteiger partial charge in [0.15, 0.2) is 0 Å². The average Bonchev–Trinajstić information content (AvgIpc) is 2.99. The zero-order chi connectivity index (χ0) is 16.1. The van der Waals surface area contributed by atoms with E-state index in [0.717, 1.165) is 10.4 Å². The fourth-order valence-electron chi connectivity index (χ4n) is 2.08. The van der Waals surface area contributed by atoms with Crippen LogP contribution in [0.2, 0.25) is 5.02 Å². The second-order valence-corrected chi connectivity index (χ2v) is 7.00. The Kier molecular flexibility index (Phi) is 6.00. The SMILES string of the molecule is CC(C)C(O)CC(=O)NC(c1ccc(Cl)cc1)c1cccs1. The van der Waals surface area contributed by atoms with Gasteiger partial charge in [0.25, 0.3) is 0 Å². The van der Waals surface area contributed by atoms with E-state index in [4.69, 9.17) is 11.6 Å². The van der Waals surface area contributed by atoms with Crippen LogP contribution >= 0.6 is 22.9 Å². The van der Waals surface area contributed by atoms with Crippen LogP contribution in [-0.4, -0.2) is 17.1 Å². The standard InChI is InChI=1S/C17H20ClNO2S/c1-11(2)14(20)10-16(21)19-17(15-4-3-9-22-15)12-5-7-13(18)8-6-12/h3-9,11,14,17,20H,10H2,1-2H3,(H,19,21). The number of benzene rings is 1. The molecular formula is C17H20ClNO2S. The van der Waals surface area contributed by atoms with Gasteiger partial charge >= 0.3 is 0 Å². The molecule has 118 valence electrons. The number of nitrogens with one attached hydrogen (secondary N) is 1. The number of hydrogen-bond acceptors (Lipinski definition) is 3. The Morgan fingerprint density at radius 3 is 2.50 bits per heavy atom. The largest absolute Gasteiger partial charge is 0.392 e. The number of hydrogen-bond donors (Lipinski definition) is 2. The molecule has 1 aromatic carbocycles. The predicted molar refractivity (Wildman–Crippen MR) is 91.2 cm³/mol. The summed E-state index contributed by atoms with van der Waals surface area (Å²) in [4.78, 5) is 13.3. The molecule has 2 atom stereocenters. The summed E-state index contributed by atoms with van der Waals surface area (Å²) >= 11 is 7.52. The van der Waals surface area contributed by atoms with Crippen LogP contribution in [0.3, 0.4) is 0 Å². The second kappa shape index (κ2) is 7.77. The van der Waals surface area contributed by atoms with Gasteiger partial charge in [0.1, 0.15) is 0 Å². The summed E-state index contributed by atoms with van der Waals surface area (Å²) in [6.07, 6.45) is -0.526. The molecule has 1 heterocycles. The van der Waals surface area contributed by atoms with E-state index in [1.54, 1.807) is 11.3 Å². The highest BCUT2D eigenvalue weighted by molar-refractivity contribution is 7.10. The summed E-state index contributed by atoms with van der Waals surface area (Å²) in [5, 5.41) is 15.5. The molecule has 22 heavy (non-hydrogen) atoms. The third-order valence-electron chi connectivity index (χ3n) is 3.50. The van der Waals surface area contributed by atoms with Crippen LogP contribution < -0.4 is 5.32 Å². The fourth-order valence-corrected chi connectivity index (χ4v) is 3.00. The van der Waals surface area contributed by atoms with Crippen molar-refractivity contribution in [1.29, 1.82) is 0 Å². The van der Waals surface area contributed by atoms with Crippen molar-refractivity contribution in [2.75, 3.05) is 0 Å². The topological polar surface area (TPSA) is 49.3 Å². The lowest BCUT2D eigenvalue weighted by molar-refractivity contribution is -0.124. The lowest BCUT2D eigenvalue weighted by Gasteiger charge is -2.20. The van der Waals surface area contributed by atoms with Crippen molar-refractivity contribution in [3.8, 4) is 0 Å². The Labute approximate surface area is 139 Å². The van der Waals surface area contributed by atoms with Crippen molar-refractivity contribution in [1.82, 2.24) is 5.32 Å². The van der Waals surface area contributed by atoms with Gasteiger partial charge in [-0.15, -0.1) is 11.3 Å². The van der Waals surface area contributed by atoms with E-state index in [9.17, 15) is 9.90 Å². The van der Waals surface area contributed by atoms with Crippen LogP contribution in [0.1, 0.15) is 36.8 Å². The van der Waals surface area contributed by atoms with Crippen molar-refractivity contribution >= 4 is 28.8 Å². The minimum absolute atomic E-state index is 0.0569. The van der Waals surface area contributed by atoms with E-state index in [1.807, 2.05) is 55.6 Å². The molecule has 0 saturated carbocycles. The number of rotatable bonds is 6. The molecule has 0 aliphatic carbocycles. The fraction of sp³-hybridized carbons (Fsp3) is 0.353. The monoisotopic (exact) mass is 337 g/mol. The number of aliphatic hydroxyl groups is 1. The number of amides is 1. The van der Waals surface area contributed by atoms with Crippen LogP contribution in [0, 0.1) is 5.92 Å². The van der Waals surface area contributed by atoms with Gasteiger partial charge in [-0.1, -0.05) is 43.6 Å². The zero-order valence-electron chi connectivity index (χ0n) is 12.6. The second-order valence-electron chi connectivity index (χ2n) is 5.58. The maximum Gasteiger partial charge on any atom is 0.223 e. The van der Waals surface area contributed by atoms with E-state index in [2.05, 4.69) is 5.32 Å². The van der Waals surface area contributed by atoms with Crippen LogP contribution in [0.4, 0.5) is 0 Å².